The summed E-state index contributed by atoms with van der Waals surface area (Å²) in [6, 6.07) is 18.7. The van der Waals surface area contributed by atoms with Crippen molar-refractivity contribution in [2.75, 3.05) is 17.7 Å². The Morgan fingerprint density at radius 3 is 2.47 bits per heavy atom. The third kappa shape index (κ3) is 6.18. The molecule has 3 aromatic carbocycles. The van der Waals surface area contributed by atoms with Crippen LogP contribution in [0.3, 0.4) is 0 Å². The van der Waals surface area contributed by atoms with Gasteiger partial charge in [-0.05, 0) is 49.4 Å². The summed E-state index contributed by atoms with van der Waals surface area (Å²) >= 11 is 6.07. The van der Waals surface area contributed by atoms with Gasteiger partial charge in [-0.15, -0.1) is 0 Å². The van der Waals surface area contributed by atoms with Crippen LogP contribution in [0.4, 0.5) is 5.69 Å². The van der Waals surface area contributed by atoms with Gasteiger partial charge in [-0.1, -0.05) is 48.4 Å². The first-order valence-electron chi connectivity index (χ1n) is 9.86. The van der Waals surface area contributed by atoms with Crippen molar-refractivity contribution < 1.29 is 23.3 Å². The van der Waals surface area contributed by atoms with Gasteiger partial charge in [-0.2, -0.15) is 0 Å². The standard InChI is InChI=1S/C24H22ClNO5S/c1-3-32(29)22-7-5-4-6-19(22)24(28)30-15-23(27)26-20-14-17(25)10-13-21(20)31-18-11-8-16(2)9-12-18/h4-14H,3,15H2,1-2H3,(H,26,27)/t32-/m0/s1. The zero-order valence-corrected chi connectivity index (χ0v) is 19.2. The maximum absolute atomic E-state index is 12.5. The Labute approximate surface area is 194 Å². The number of amides is 1. The van der Waals surface area contributed by atoms with Crippen LogP contribution < -0.4 is 10.1 Å². The molecule has 0 saturated heterocycles. The summed E-state index contributed by atoms with van der Waals surface area (Å²) in [5.74, 6) is 0.0637. The van der Waals surface area contributed by atoms with Crippen LogP contribution in [0.1, 0.15) is 22.8 Å². The predicted octanol–water partition coefficient (Wildman–Crippen LogP) is 5.36. The fourth-order valence-electron chi connectivity index (χ4n) is 2.81. The summed E-state index contributed by atoms with van der Waals surface area (Å²) in [5.41, 5.74) is 1.60. The molecule has 0 bridgehead atoms. The second-order valence-electron chi connectivity index (χ2n) is 6.81. The molecular formula is C24H22ClNO5S. The predicted molar refractivity (Wildman–Crippen MR) is 125 cm³/mol. The number of ether oxygens (including phenoxy) is 2. The van der Waals surface area contributed by atoms with E-state index in [-0.39, 0.29) is 5.56 Å². The van der Waals surface area contributed by atoms with Crippen LogP contribution in [0.5, 0.6) is 11.5 Å². The lowest BCUT2D eigenvalue weighted by Gasteiger charge is -2.13. The third-order valence-electron chi connectivity index (χ3n) is 4.41. The van der Waals surface area contributed by atoms with E-state index in [2.05, 4.69) is 5.32 Å². The molecule has 0 fully saturated rings. The topological polar surface area (TPSA) is 81.7 Å². The molecule has 0 aliphatic carbocycles. The number of hydrogen-bond donors (Lipinski definition) is 1. The summed E-state index contributed by atoms with van der Waals surface area (Å²) in [6.45, 7) is 3.20. The number of aryl methyl sites for hydroxylation is 1. The van der Waals surface area contributed by atoms with Gasteiger partial charge in [0.2, 0.25) is 0 Å². The Bertz CT molecular complexity index is 1150. The zero-order chi connectivity index (χ0) is 23.1. The molecule has 32 heavy (non-hydrogen) atoms. The number of esters is 1. The second-order valence-corrected chi connectivity index (χ2v) is 8.95. The Balaban J connectivity index is 1.68. The minimum absolute atomic E-state index is 0.173. The molecule has 0 unspecified atom stereocenters. The van der Waals surface area contributed by atoms with E-state index >= 15 is 0 Å². The molecule has 0 aliphatic heterocycles. The van der Waals surface area contributed by atoms with E-state index in [0.717, 1.165) is 5.56 Å². The van der Waals surface area contributed by atoms with E-state index in [1.54, 1.807) is 43.3 Å². The molecule has 0 spiro atoms. The van der Waals surface area contributed by atoms with E-state index in [0.29, 0.717) is 32.9 Å². The van der Waals surface area contributed by atoms with Crippen LogP contribution in [-0.4, -0.2) is 28.4 Å². The third-order valence-corrected chi connectivity index (χ3v) is 6.02. The molecular weight excluding hydrogens is 450 g/mol. The summed E-state index contributed by atoms with van der Waals surface area (Å²) in [4.78, 5) is 25.3. The number of hydrogen-bond acceptors (Lipinski definition) is 5. The lowest BCUT2D eigenvalue weighted by atomic mass is 10.2. The van der Waals surface area contributed by atoms with Crippen LogP contribution >= 0.6 is 11.6 Å². The SMILES string of the molecule is CC[S@](=O)c1ccccc1C(=O)OCC(=O)Nc1cc(Cl)ccc1Oc1ccc(C)cc1. The van der Waals surface area contributed by atoms with Crippen LogP contribution in [-0.2, 0) is 20.3 Å². The molecule has 8 heteroatoms. The van der Waals surface area contributed by atoms with Crippen LogP contribution in [0.2, 0.25) is 5.02 Å². The first kappa shape index (κ1) is 23.5. The van der Waals surface area contributed by atoms with Crippen LogP contribution in [0, 0.1) is 6.92 Å². The molecule has 0 radical (unpaired) electrons. The molecule has 1 amide bonds. The Morgan fingerprint density at radius 2 is 1.75 bits per heavy atom. The van der Waals surface area contributed by atoms with Gasteiger partial charge in [-0.3, -0.25) is 9.00 Å². The highest BCUT2D eigenvalue weighted by Crippen LogP contribution is 2.32. The van der Waals surface area contributed by atoms with Crippen LogP contribution in [0.25, 0.3) is 0 Å². The number of anilines is 1. The molecule has 3 aromatic rings. The monoisotopic (exact) mass is 471 g/mol. The molecule has 0 aliphatic rings. The Morgan fingerprint density at radius 1 is 1.03 bits per heavy atom. The average Bonchev–Trinajstić information content (AvgIpc) is 2.80. The molecule has 0 heterocycles. The molecule has 166 valence electrons. The van der Waals surface area contributed by atoms with Gasteiger partial charge in [0.05, 0.1) is 26.9 Å². The van der Waals surface area contributed by atoms with E-state index in [9.17, 15) is 13.8 Å². The van der Waals surface area contributed by atoms with E-state index < -0.39 is 29.3 Å². The Hall–Kier alpha value is -3.16. The van der Waals surface area contributed by atoms with Gasteiger partial charge in [0, 0.05) is 10.8 Å². The molecule has 1 atom stereocenters. The average molecular weight is 472 g/mol. The second kappa shape index (κ2) is 10.9. The van der Waals surface area contributed by atoms with Gasteiger partial charge in [-0.25, -0.2) is 4.79 Å². The number of carbonyl (C=O) groups excluding carboxylic acids is 2. The number of benzene rings is 3. The maximum Gasteiger partial charge on any atom is 0.339 e. The van der Waals surface area contributed by atoms with Crippen molar-refractivity contribution in [1.29, 1.82) is 0 Å². The fourth-order valence-corrected chi connectivity index (χ4v) is 3.92. The van der Waals surface area contributed by atoms with Crippen molar-refractivity contribution in [2.24, 2.45) is 0 Å². The summed E-state index contributed by atoms with van der Waals surface area (Å²) in [5, 5.41) is 3.06. The first-order chi connectivity index (χ1) is 15.4. The van der Waals surface area contributed by atoms with Crippen molar-refractivity contribution in [2.45, 2.75) is 18.7 Å². The van der Waals surface area contributed by atoms with Crippen LogP contribution in [0.15, 0.2) is 71.6 Å². The first-order valence-corrected chi connectivity index (χ1v) is 11.6. The fraction of sp³-hybridized carbons (Fsp3) is 0.167. The lowest BCUT2D eigenvalue weighted by Crippen LogP contribution is -2.22. The minimum Gasteiger partial charge on any atom is -0.455 e. The molecule has 1 N–H and O–H groups in total. The van der Waals surface area contributed by atoms with Gasteiger partial charge >= 0.3 is 5.97 Å². The summed E-state index contributed by atoms with van der Waals surface area (Å²) in [6.07, 6.45) is 0. The number of carbonyl (C=O) groups is 2. The highest BCUT2D eigenvalue weighted by Gasteiger charge is 2.18. The number of rotatable bonds is 8. The van der Waals surface area contributed by atoms with Crippen molar-refractivity contribution >= 4 is 40.0 Å². The number of halogens is 1. The molecule has 6 nitrogen and oxygen atoms in total. The molecule has 0 saturated carbocycles. The van der Waals surface area contributed by atoms with Gasteiger partial charge in [0.1, 0.15) is 5.75 Å². The Kier molecular flexibility index (Phi) is 8.03. The van der Waals surface area contributed by atoms with E-state index in [4.69, 9.17) is 21.1 Å². The maximum atomic E-state index is 12.5. The van der Waals surface area contributed by atoms with E-state index in [1.165, 1.54) is 6.07 Å². The minimum atomic E-state index is -1.33. The summed E-state index contributed by atoms with van der Waals surface area (Å²) in [7, 11) is -1.33. The number of nitrogens with one attached hydrogen (secondary N) is 1. The van der Waals surface area contributed by atoms with Gasteiger partial charge < -0.3 is 14.8 Å². The van der Waals surface area contributed by atoms with Crippen molar-refractivity contribution in [3.63, 3.8) is 0 Å². The smallest absolute Gasteiger partial charge is 0.339 e. The van der Waals surface area contributed by atoms with Gasteiger partial charge in [0.15, 0.2) is 12.4 Å². The zero-order valence-electron chi connectivity index (χ0n) is 17.6. The quantitative estimate of drug-likeness (QED) is 0.447. The van der Waals surface area contributed by atoms with Gasteiger partial charge in [0.25, 0.3) is 5.91 Å². The largest absolute Gasteiger partial charge is 0.455 e. The van der Waals surface area contributed by atoms with Crippen molar-refractivity contribution in [3.05, 3.63) is 82.9 Å². The van der Waals surface area contributed by atoms with E-state index in [1.807, 2.05) is 31.2 Å². The highest BCUT2D eigenvalue weighted by molar-refractivity contribution is 7.85. The van der Waals surface area contributed by atoms with Crippen molar-refractivity contribution in [3.8, 4) is 11.5 Å². The van der Waals surface area contributed by atoms with Crippen molar-refractivity contribution in [1.82, 2.24) is 0 Å². The lowest BCUT2D eigenvalue weighted by molar-refractivity contribution is -0.119. The molecule has 0 aromatic heterocycles. The summed E-state index contributed by atoms with van der Waals surface area (Å²) < 4.78 is 23.1. The molecule has 3 rings (SSSR count). The highest BCUT2D eigenvalue weighted by atomic mass is 35.5. The normalized spacial score (nSPS) is 11.5.